The van der Waals surface area contributed by atoms with E-state index in [0.29, 0.717) is 6.54 Å². The highest BCUT2D eigenvalue weighted by molar-refractivity contribution is 7.99. The number of aliphatic hydroxyl groups is 1. The highest BCUT2D eigenvalue weighted by Crippen LogP contribution is 2.22. The molecule has 0 bridgehead atoms. The van der Waals surface area contributed by atoms with E-state index in [1.54, 1.807) is 16.5 Å². The second-order valence-corrected chi connectivity index (χ2v) is 6.63. The lowest BCUT2D eigenvalue weighted by molar-refractivity contribution is 0.0304. The van der Waals surface area contributed by atoms with Crippen LogP contribution in [0.2, 0.25) is 0 Å². The van der Waals surface area contributed by atoms with Gasteiger partial charge in [-0.15, -0.1) is 11.8 Å². The van der Waals surface area contributed by atoms with E-state index in [9.17, 15) is 5.11 Å². The third-order valence-electron chi connectivity index (χ3n) is 3.81. The lowest BCUT2D eigenvalue weighted by Crippen LogP contribution is -2.44. The van der Waals surface area contributed by atoms with Crippen molar-refractivity contribution >= 4 is 22.7 Å². The SMILES string of the molecule is CCC(C)(NCC(O)COn1ccc2ccccc21)SC. The molecule has 116 valence electrons. The maximum atomic E-state index is 10.1. The first-order valence-corrected chi connectivity index (χ1v) is 8.48. The van der Waals surface area contributed by atoms with Gasteiger partial charge < -0.3 is 15.3 Å². The van der Waals surface area contributed by atoms with Crippen LogP contribution >= 0.6 is 11.8 Å². The van der Waals surface area contributed by atoms with Crippen molar-refractivity contribution in [2.45, 2.75) is 31.2 Å². The number of hydrogen-bond acceptors (Lipinski definition) is 4. The van der Waals surface area contributed by atoms with E-state index in [1.165, 1.54) is 0 Å². The zero-order valence-electron chi connectivity index (χ0n) is 12.9. The fourth-order valence-electron chi connectivity index (χ4n) is 2.07. The van der Waals surface area contributed by atoms with Gasteiger partial charge in [0.1, 0.15) is 12.7 Å². The summed E-state index contributed by atoms with van der Waals surface area (Å²) in [6.45, 7) is 5.06. The predicted molar refractivity (Wildman–Crippen MR) is 89.6 cm³/mol. The molecule has 0 fully saturated rings. The molecule has 2 unspecified atom stereocenters. The molecule has 0 radical (unpaired) electrons. The molecule has 4 nitrogen and oxygen atoms in total. The van der Waals surface area contributed by atoms with Crippen molar-refractivity contribution in [2.24, 2.45) is 0 Å². The second kappa shape index (κ2) is 7.20. The molecule has 2 N–H and O–H groups in total. The molecule has 2 rings (SSSR count). The van der Waals surface area contributed by atoms with Crippen molar-refractivity contribution in [2.75, 3.05) is 19.4 Å². The molecule has 1 aromatic heterocycles. The van der Waals surface area contributed by atoms with Crippen molar-refractivity contribution in [3.05, 3.63) is 36.5 Å². The monoisotopic (exact) mass is 308 g/mol. The van der Waals surface area contributed by atoms with Crippen molar-refractivity contribution in [3.8, 4) is 0 Å². The molecule has 0 spiro atoms. The molecule has 2 atom stereocenters. The summed E-state index contributed by atoms with van der Waals surface area (Å²) in [5.41, 5.74) is 1.01. The third kappa shape index (κ3) is 4.15. The molecule has 2 aromatic rings. The number of hydrogen-bond donors (Lipinski definition) is 2. The van der Waals surface area contributed by atoms with E-state index in [4.69, 9.17) is 4.84 Å². The minimum atomic E-state index is -0.538. The van der Waals surface area contributed by atoms with Gasteiger partial charge in [-0.1, -0.05) is 25.1 Å². The summed E-state index contributed by atoms with van der Waals surface area (Å²) < 4.78 is 1.71. The van der Waals surface area contributed by atoms with Gasteiger partial charge in [0.15, 0.2) is 0 Å². The molecule has 0 saturated heterocycles. The summed E-state index contributed by atoms with van der Waals surface area (Å²) in [5.74, 6) is 0. The topological polar surface area (TPSA) is 46.4 Å². The van der Waals surface area contributed by atoms with Gasteiger partial charge in [0.25, 0.3) is 0 Å². The van der Waals surface area contributed by atoms with Gasteiger partial charge in [-0.05, 0) is 31.7 Å². The van der Waals surface area contributed by atoms with Gasteiger partial charge in [0.2, 0.25) is 0 Å². The first kappa shape index (κ1) is 16.2. The smallest absolute Gasteiger partial charge is 0.142 e. The van der Waals surface area contributed by atoms with E-state index < -0.39 is 6.10 Å². The fraction of sp³-hybridized carbons (Fsp3) is 0.500. The molecule has 0 aliphatic carbocycles. The van der Waals surface area contributed by atoms with Crippen LogP contribution in [0, 0.1) is 0 Å². The highest BCUT2D eigenvalue weighted by atomic mass is 32.2. The lowest BCUT2D eigenvalue weighted by Gasteiger charge is -2.28. The summed E-state index contributed by atoms with van der Waals surface area (Å²) in [4.78, 5) is 5.67. The van der Waals surface area contributed by atoms with E-state index in [-0.39, 0.29) is 11.5 Å². The number of rotatable bonds is 8. The number of benzene rings is 1. The Morgan fingerprint density at radius 1 is 1.38 bits per heavy atom. The number of aliphatic hydroxyl groups excluding tert-OH is 1. The van der Waals surface area contributed by atoms with Gasteiger partial charge in [0.05, 0.1) is 10.4 Å². The summed E-state index contributed by atoms with van der Waals surface area (Å²) in [6, 6.07) is 10.0. The molecule has 21 heavy (non-hydrogen) atoms. The molecule has 0 aliphatic rings. The van der Waals surface area contributed by atoms with Crippen LogP contribution in [-0.4, -0.2) is 40.2 Å². The van der Waals surface area contributed by atoms with Crippen molar-refractivity contribution in [1.29, 1.82) is 0 Å². The average Bonchev–Trinajstić information content (AvgIpc) is 2.94. The Labute approximate surface area is 130 Å². The van der Waals surface area contributed by atoms with Crippen LogP contribution in [0.4, 0.5) is 0 Å². The van der Waals surface area contributed by atoms with Crippen LogP contribution in [0.3, 0.4) is 0 Å². The van der Waals surface area contributed by atoms with Crippen molar-refractivity contribution in [3.63, 3.8) is 0 Å². The first-order chi connectivity index (χ1) is 10.1. The molecule has 0 saturated carbocycles. The minimum absolute atomic E-state index is 0.00112. The molecule has 1 aromatic carbocycles. The van der Waals surface area contributed by atoms with E-state index in [1.807, 2.05) is 36.5 Å². The quantitative estimate of drug-likeness (QED) is 0.736. The van der Waals surface area contributed by atoms with Crippen molar-refractivity contribution < 1.29 is 9.94 Å². The standard InChI is InChI=1S/C16H24N2O2S/c1-4-16(2,21-3)17-11-14(19)12-20-18-10-9-13-7-5-6-8-15(13)18/h5-10,14,17,19H,4,11-12H2,1-3H3. The Morgan fingerprint density at radius 2 is 2.14 bits per heavy atom. The average molecular weight is 308 g/mol. The zero-order chi connectivity index (χ0) is 15.3. The fourth-order valence-corrected chi connectivity index (χ4v) is 2.59. The Kier molecular flexibility index (Phi) is 5.56. The number of aromatic nitrogens is 1. The summed E-state index contributed by atoms with van der Waals surface area (Å²) in [6.07, 6.45) is 4.42. The first-order valence-electron chi connectivity index (χ1n) is 7.25. The summed E-state index contributed by atoms with van der Waals surface area (Å²) in [7, 11) is 0. The largest absolute Gasteiger partial charge is 0.411 e. The lowest BCUT2D eigenvalue weighted by atomic mass is 10.2. The Bertz CT molecular complexity index is 566. The van der Waals surface area contributed by atoms with Crippen LogP contribution in [-0.2, 0) is 0 Å². The normalized spacial score (nSPS) is 15.8. The number of para-hydroxylation sites is 1. The molecule has 0 amide bonds. The maximum absolute atomic E-state index is 10.1. The Balaban J connectivity index is 1.85. The Morgan fingerprint density at radius 3 is 2.86 bits per heavy atom. The van der Waals surface area contributed by atoms with Gasteiger partial charge in [-0.3, -0.25) is 0 Å². The van der Waals surface area contributed by atoms with E-state index in [0.717, 1.165) is 17.3 Å². The van der Waals surface area contributed by atoms with Crippen LogP contribution in [0.25, 0.3) is 10.9 Å². The number of thioether (sulfide) groups is 1. The van der Waals surface area contributed by atoms with Gasteiger partial charge in [0, 0.05) is 18.1 Å². The minimum Gasteiger partial charge on any atom is -0.411 e. The van der Waals surface area contributed by atoms with Crippen LogP contribution in [0.5, 0.6) is 0 Å². The summed E-state index contributed by atoms with van der Waals surface area (Å²) >= 11 is 1.76. The van der Waals surface area contributed by atoms with E-state index >= 15 is 0 Å². The Hall–Kier alpha value is -1.17. The second-order valence-electron chi connectivity index (χ2n) is 5.32. The predicted octanol–water partition coefficient (Wildman–Crippen LogP) is 2.51. The number of nitrogens with zero attached hydrogens (tertiary/aromatic N) is 1. The summed E-state index contributed by atoms with van der Waals surface area (Å²) in [5, 5.41) is 14.6. The van der Waals surface area contributed by atoms with Crippen molar-refractivity contribution in [1.82, 2.24) is 10.0 Å². The number of nitrogens with one attached hydrogen (secondary N) is 1. The number of fused-ring (bicyclic) bond motifs is 1. The zero-order valence-corrected chi connectivity index (χ0v) is 13.7. The molecular weight excluding hydrogens is 284 g/mol. The van der Waals surface area contributed by atoms with Crippen LogP contribution < -0.4 is 10.2 Å². The van der Waals surface area contributed by atoms with Crippen LogP contribution in [0.15, 0.2) is 36.5 Å². The van der Waals surface area contributed by atoms with Gasteiger partial charge in [-0.25, -0.2) is 0 Å². The molecule has 0 aliphatic heterocycles. The van der Waals surface area contributed by atoms with E-state index in [2.05, 4.69) is 25.4 Å². The molecule has 5 heteroatoms. The van der Waals surface area contributed by atoms with Gasteiger partial charge >= 0.3 is 0 Å². The highest BCUT2D eigenvalue weighted by Gasteiger charge is 2.20. The van der Waals surface area contributed by atoms with Gasteiger partial charge in [-0.2, -0.15) is 4.73 Å². The maximum Gasteiger partial charge on any atom is 0.142 e. The molecule has 1 heterocycles. The molecular formula is C16H24N2O2S. The third-order valence-corrected chi connectivity index (χ3v) is 5.14. The van der Waals surface area contributed by atoms with Crippen LogP contribution in [0.1, 0.15) is 20.3 Å².